The van der Waals surface area contributed by atoms with Crippen LogP contribution < -0.4 is 20.3 Å². The molecule has 1 aromatic heterocycles. The van der Waals surface area contributed by atoms with Crippen LogP contribution in [0.25, 0.3) is 0 Å². The molecule has 3 rings (SSSR count). The van der Waals surface area contributed by atoms with E-state index in [-0.39, 0.29) is 18.4 Å². The molecule has 1 atom stereocenters. The van der Waals surface area contributed by atoms with Crippen LogP contribution in [-0.2, 0) is 6.54 Å². The lowest BCUT2D eigenvalue weighted by Crippen LogP contribution is -2.18. The van der Waals surface area contributed by atoms with Crippen molar-refractivity contribution in [3.05, 3.63) is 52.4 Å². The first kappa shape index (κ1) is 13.5. The molecule has 0 aliphatic carbocycles. The minimum atomic E-state index is 0.0128. The zero-order valence-corrected chi connectivity index (χ0v) is 12.1. The van der Waals surface area contributed by atoms with Gasteiger partial charge in [0.25, 0.3) is 5.56 Å². The van der Waals surface area contributed by atoms with Crippen LogP contribution in [0.4, 0.5) is 5.69 Å². The van der Waals surface area contributed by atoms with E-state index in [9.17, 15) is 4.79 Å². The second-order valence-corrected chi connectivity index (χ2v) is 5.02. The Morgan fingerprint density at radius 2 is 2.05 bits per heavy atom. The standard InChI is InChI=1S/C16H18N2O3/c1-3-18-9-13(5-7-16(18)19)17-11(2)12-4-6-14-15(8-12)21-10-20-14/h4-9,11,17H,3,10H2,1-2H3. The summed E-state index contributed by atoms with van der Waals surface area (Å²) in [5.74, 6) is 1.56. The topological polar surface area (TPSA) is 52.5 Å². The predicted molar refractivity (Wildman–Crippen MR) is 81.0 cm³/mol. The largest absolute Gasteiger partial charge is 0.454 e. The zero-order chi connectivity index (χ0) is 14.8. The lowest BCUT2D eigenvalue weighted by atomic mass is 10.1. The summed E-state index contributed by atoms with van der Waals surface area (Å²) in [6.45, 7) is 4.96. The molecule has 0 bridgehead atoms. The van der Waals surface area contributed by atoms with Gasteiger partial charge in [0.15, 0.2) is 11.5 Å². The van der Waals surface area contributed by atoms with Crippen molar-refractivity contribution in [1.82, 2.24) is 4.57 Å². The average Bonchev–Trinajstić information content (AvgIpc) is 2.96. The van der Waals surface area contributed by atoms with Gasteiger partial charge in [-0.05, 0) is 37.6 Å². The van der Waals surface area contributed by atoms with Gasteiger partial charge < -0.3 is 19.4 Å². The molecule has 5 heteroatoms. The van der Waals surface area contributed by atoms with E-state index < -0.39 is 0 Å². The van der Waals surface area contributed by atoms with Gasteiger partial charge in [0.2, 0.25) is 6.79 Å². The molecule has 2 heterocycles. The molecule has 0 saturated carbocycles. The van der Waals surface area contributed by atoms with Gasteiger partial charge in [0.05, 0.1) is 5.69 Å². The van der Waals surface area contributed by atoms with Gasteiger partial charge in [-0.2, -0.15) is 0 Å². The number of hydrogen-bond donors (Lipinski definition) is 1. The summed E-state index contributed by atoms with van der Waals surface area (Å²) in [6, 6.07) is 9.40. The van der Waals surface area contributed by atoms with Crippen LogP contribution in [-0.4, -0.2) is 11.4 Å². The molecule has 1 aliphatic heterocycles. The van der Waals surface area contributed by atoms with Crippen molar-refractivity contribution in [2.24, 2.45) is 0 Å². The lowest BCUT2D eigenvalue weighted by Gasteiger charge is -2.17. The van der Waals surface area contributed by atoms with Gasteiger partial charge in [-0.15, -0.1) is 0 Å². The summed E-state index contributed by atoms with van der Waals surface area (Å²) < 4.78 is 12.4. The van der Waals surface area contributed by atoms with E-state index in [1.165, 1.54) is 0 Å². The highest BCUT2D eigenvalue weighted by molar-refractivity contribution is 5.48. The van der Waals surface area contributed by atoms with E-state index in [1.807, 2.05) is 31.3 Å². The number of nitrogens with one attached hydrogen (secondary N) is 1. The van der Waals surface area contributed by atoms with Crippen molar-refractivity contribution in [2.45, 2.75) is 26.4 Å². The Kier molecular flexibility index (Phi) is 3.56. The number of fused-ring (bicyclic) bond motifs is 1. The van der Waals surface area contributed by atoms with Crippen molar-refractivity contribution in [1.29, 1.82) is 0 Å². The minimum absolute atomic E-state index is 0.0128. The Labute approximate surface area is 123 Å². The SMILES string of the molecule is CCn1cc(NC(C)c2ccc3c(c2)OCO3)ccc1=O. The second kappa shape index (κ2) is 5.52. The Bertz CT molecular complexity index is 709. The minimum Gasteiger partial charge on any atom is -0.454 e. The summed E-state index contributed by atoms with van der Waals surface area (Å²) in [5, 5.41) is 3.40. The van der Waals surface area contributed by atoms with E-state index in [2.05, 4.69) is 12.2 Å². The van der Waals surface area contributed by atoms with Crippen LogP contribution in [0.3, 0.4) is 0 Å². The molecule has 0 saturated heterocycles. The summed E-state index contributed by atoms with van der Waals surface area (Å²) >= 11 is 0. The molecule has 21 heavy (non-hydrogen) atoms. The highest BCUT2D eigenvalue weighted by Crippen LogP contribution is 2.34. The number of hydrogen-bond acceptors (Lipinski definition) is 4. The summed E-state index contributed by atoms with van der Waals surface area (Å²) in [6.07, 6.45) is 1.84. The van der Waals surface area contributed by atoms with Gasteiger partial charge in [0, 0.05) is 24.8 Å². The number of benzene rings is 1. The average molecular weight is 286 g/mol. The maximum Gasteiger partial charge on any atom is 0.250 e. The molecule has 1 aromatic carbocycles. The van der Waals surface area contributed by atoms with Gasteiger partial charge in [-0.3, -0.25) is 4.79 Å². The maximum atomic E-state index is 11.6. The number of nitrogens with zero attached hydrogens (tertiary/aromatic N) is 1. The first-order valence-electron chi connectivity index (χ1n) is 7.04. The van der Waals surface area contributed by atoms with Crippen LogP contribution in [0.1, 0.15) is 25.5 Å². The number of pyridine rings is 1. The third-order valence-corrected chi connectivity index (χ3v) is 3.60. The number of aryl methyl sites for hydroxylation is 1. The first-order chi connectivity index (χ1) is 10.2. The molecule has 1 N–H and O–H groups in total. The van der Waals surface area contributed by atoms with E-state index in [0.717, 1.165) is 22.7 Å². The van der Waals surface area contributed by atoms with E-state index in [1.54, 1.807) is 16.7 Å². The molecular weight excluding hydrogens is 268 g/mol. The van der Waals surface area contributed by atoms with Gasteiger partial charge in [0.1, 0.15) is 0 Å². The van der Waals surface area contributed by atoms with Crippen LogP contribution >= 0.6 is 0 Å². The first-order valence-corrected chi connectivity index (χ1v) is 7.04. The molecule has 0 fully saturated rings. The highest BCUT2D eigenvalue weighted by Gasteiger charge is 2.15. The number of anilines is 1. The summed E-state index contributed by atoms with van der Waals surface area (Å²) in [5.41, 5.74) is 2.04. The van der Waals surface area contributed by atoms with Gasteiger partial charge in [-0.1, -0.05) is 6.07 Å². The van der Waals surface area contributed by atoms with Crippen LogP contribution in [0.5, 0.6) is 11.5 Å². The fraction of sp³-hybridized carbons (Fsp3) is 0.312. The molecule has 110 valence electrons. The van der Waals surface area contributed by atoms with E-state index in [0.29, 0.717) is 6.54 Å². The molecule has 2 aromatic rings. The Balaban J connectivity index is 1.80. The summed E-state index contributed by atoms with van der Waals surface area (Å²) in [4.78, 5) is 11.6. The van der Waals surface area contributed by atoms with Crippen LogP contribution in [0.15, 0.2) is 41.3 Å². The van der Waals surface area contributed by atoms with E-state index >= 15 is 0 Å². The highest BCUT2D eigenvalue weighted by atomic mass is 16.7. The fourth-order valence-electron chi connectivity index (χ4n) is 2.38. The molecule has 0 amide bonds. The Morgan fingerprint density at radius 3 is 2.86 bits per heavy atom. The number of ether oxygens (including phenoxy) is 2. The van der Waals surface area contributed by atoms with Crippen molar-refractivity contribution >= 4 is 5.69 Å². The third-order valence-electron chi connectivity index (χ3n) is 3.60. The fourth-order valence-corrected chi connectivity index (χ4v) is 2.38. The van der Waals surface area contributed by atoms with Gasteiger partial charge in [-0.25, -0.2) is 0 Å². The van der Waals surface area contributed by atoms with Crippen molar-refractivity contribution in [3.8, 4) is 11.5 Å². The monoisotopic (exact) mass is 286 g/mol. The van der Waals surface area contributed by atoms with Gasteiger partial charge >= 0.3 is 0 Å². The van der Waals surface area contributed by atoms with Crippen molar-refractivity contribution < 1.29 is 9.47 Å². The third kappa shape index (κ3) is 2.72. The maximum absolute atomic E-state index is 11.6. The van der Waals surface area contributed by atoms with Crippen molar-refractivity contribution in [3.63, 3.8) is 0 Å². The smallest absolute Gasteiger partial charge is 0.250 e. The van der Waals surface area contributed by atoms with E-state index in [4.69, 9.17) is 9.47 Å². The molecule has 0 spiro atoms. The van der Waals surface area contributed by atoms with Crippen molar-refractivity contribution in [2.75, 3.05) is 12.1 Å². The number of aromatic nitrogens is 1. The Hall–Kier alpha value is -2.43. The molecule has 1 aliphatic rings. The van der Waals surface area contributed by atoms with Crippen LogP contribution in [0.2, 0.25) is 0 Å². The molecular formula is C16H18N2O3. The summed E-state index contributed by atoms with van der Waals surface area (Å²) in [7, 11) is 0. The molecule has 0 radical (unpaired) electrons. The zero-order valence-electron chi connectivity index (χ0n) is 12.1. The normalized spacial score (nSPS) is 14.0. The predicted octanol–water partition coefficient (Wildman–Crippen LogP) is 2.77. The molecule has 5 nitrogen and oxygen atoms in total. The Morgan fingerprint density at radius 1 is 1.24 bits per heavy atom. The quantitative estimate of drug-likeness (QED) is 0.939. The van der Waals surface area contributed by atoms with Crippen LogP contribution in [0, 0.1) is 0 Å². The second-order valence-electron chi connectivity index (χ2n) is 5.02. The molecule has 1 unspecified atom stereocenters. The number of rotatable bonds is 4. The lowest BCUT2D eigenvalue weighted by molar-refractivity contribution is 0.174.